The Morgan fingerprint density at radius 2 is 1.82 bits per heavy atom. The molecule has 2 nitrogen and oxygen atoms in total. The standard InChI is InChI=1S/C15H31NO/c1-5-13(6-2)11-16(7-3)14-10-12(4)8-9-15(14)17/h12-15,17H,5-11H2,1-4H3. The SMILES string of the molecule is CCC(CC)CN(CC)C1CC(C)CCC1O. The molecule has 2 heteroatoms. The molecule has 1 fully saturated rings. The highest BCUT2D eigenvalue weighted by Crippen LogP contribution is 2.28. The molecule has 1 saturated carbocycles. The molecule has 0 aromatic heterocycles. The van der Waals surface area contributed by atoms with Gasteiger partial charge in [0.2, 0.25) is 0 Å². The predicted octanol–water partition coefficient (Wildman–Crippen LogP) is 3.29. The molecule has 0 aliphatic heterocycles. The van der Waals surface area contributed by atoms with Crippen molar-refractivity contribution in [3.8, 4) is 0 Å². The minimum Gasteiger partial charge on any atom is -0.391 e. The third-order valence-corrected chi connectivity index (χ3v) is 4.57. The van der Waals surface area contributed by atoms with E-state index in [0.717, 1.165) is 31.3 Å². The molecule has 102 valence electrons. The van der Waals surface area contributed by atoms with E-state index in [0.29, 0.717) is 6.04 Å². The van der Waals surface area contributed by atoms with Crippen LogP contribution >= 0.6 is 0 Å². The molecule has 0 spiro atoms. The fourth-order valence-electron chi connectivity index (χ4n) is 3.10. The van der Waals surface area contributed by atoms with E-state index in [9.17, 15) is 5.11 Å². The first kappa shape index (κ1) is 15.0. The number of aliphatic hydroxyl groups excluding tert-OH is 1. The first-order chi connectivity index (χ1) is 8.12. The van der Waals surface area contributed by atoms with Gasteiger partial charge < -0.3 is 5.11 Å². The highest BCUT2D eigenvalue weighted by Gasteiger charge is 2.31. The van der Waals surface area contributed by atoms with E-state index in [4.69, 9.17) is 0 Å². The molecule has 0 heterocycles. The average molecular weight is 241 g/mol. The predicted molar refractivity (Wildman–Crippen MR) is 74.1 cm³/mol. The normalized spacial score (nSPS) is 30.2. The van der Waals surface area contributed by atoms with Crippen molar-refractivity contribution >= 4 is 0 Å². The fraction of sp³-hybridized carbons (Fsp3) is 1.00. The van der Waals surface area contributed by atoms with Gasteiger partial charge >= 0.3 is 0 Å². The van der Waals surface area contributed by atoms with Crippen LogP contribution in [0.15, 0.2) is 0 Å². The van der Waals surface area contributed by atoms with Gasteiger partial charge in [-0.1, -0.05) is 40.5 Å². The van der Waals surface area contributed by atoms with Crippen LogP contribution < -0.4 is 0 Å². The number of rotatable bonds is 6. The van der Waals surface area contributed by atoms with Crippen molar-refractivity contribution in [3.63, 3.8) is 0 Å². The Labute approximate surface area is 107 Å². The molecular formula is C15H31NO. The largest absolute Gasteiger partial charge is 0.391 e. The zero-order chi connectivity index (χ0) is 12.8. The molecule has 0 aromatic carbocycles. The van der Waals surface area contributed by atoms with Crippen LogP contribution in [0.1, 0.15) is 59.8 Å². The molecule has 0 aromatic rings. The Morgan fingerprint density at radius 1 is 1.18 bits per heavy atom. The molecule has 17 heavy (non-hydrogen) atoms. The van der Waals surface area contributed by atoms with Gasteiger partial charge in [-0.3, -0.25) is 4.90 Å². The summed E-state index contributed by atoms with van der Waals surface area (Å²) in [4.78, 5) is 2.53. The summed E-state index contributed by atoms with van der Waals surface area (Å²) >= 11 is 0. The zero-order valence-corrected chi connectivity index (χ0v) is 12.2. The summed E-state index contributed by atoms with van der Waals surface area (Å²) in [6.07, 6.45) is 5.78. The summed E-state index contributed by atoms with van der Waals surface area (Å²) in [5, 5.41) is 10.2. The fourth-order valence-corrected chi connectivity index (χ4v) is 3.10. The second-order valence-corrected chi connectivity index (χ2v) is 5.82. The van der Waals surface area contributed by atoms with Gasteiger partial charge in [0.05, 0.1) is 6.10 Å². The lowest BCUT2D eigenvalue weighted by Gasteiger charge is -2.40. The summed E-state index contributed by atoms with van der Waals surface area (Å²) in [5.41, 5.74) is 0. The van der Waals surface area contributed by atoms with E-state index in [1.807, 2.05) is 0 Å². The van der Waals surface area contributed by atoms with Gasteiger partial charge in [0.25, 0.3) is 0 Å². The zero-order valence-electron chi connectivity index (χ0n) is 12.2. The van der Waals surface area contributed by atoms with Gasteiger partial charge in [-0.25, -0.2) is 0 Å². The van der Waals surface area contributed by atoms with Gasteiger partial charge in [-0.05, 0) is 37.6 Å². The number of nitrogens with zero attached hydrogens (tertiary/aromatic N) is 1. The summed E-state index contributed by atoms with van der Waals surface area (Å²) in [6.45, 7) is 11.4. The van der Waals surface area contributed by atoms with Crippen LogP contribution in [0.25, 0.3) is 0 Å². The minimum atomic E-state index is -0.0967. The lowest BCUT2D eigenvalue weighted by molar-refractivity contribution is 0.000903. The van der Waals surface area contributed by atoms with Crippen molar-refractivity contribution in [1.82, 2.24) is 4.90 Å². The van der Waals surface area contributed by atoms with Crippen molar-refractivity contribution in [2.75, 3.05) is 13.1 Å². The number of hydrogen-bond donors (Lipinski definition) is 1. The van der Waals surface area contributed by atoms with Gasteiger partial charge in [0.15, 0.2) is 0 Å². The molecule has 0 saturated heterocycles. The molecule has 1 aliphatic rings. The molecule has 0 radical (unpaired) electrons. The Morgan fingerprint density at radius 3 is 2.35 bits per heavy atom. The number of hydrogen-bond acceptors (Lipinski definition) is 2. The first-order valence-electron chi connectivity index (χ1n) is 7.54. The van der Waals surface area contributed by atoms with E-state index >= 15 is 0 Å². The molecule has 3 unspecified atom stereocenters. The smallest absolute Gasteiger partial charge is 0.0695 e. The van der Waals surface area contributed by atoms with Crippen LogP contribution in [0.3, 0.4) is 0 Å². The van der Waals surface area contributed by atoms with Gasteiger partial charge in [0.1, 0.15) is 0 Å². The molecule has 1 rings (SSSR count). The van der Waals surface area contributed by atoms with Crippen molar-refractivity contribution in [2.24, 2.45) is 11.8 Å². The maximum Gasteiger partial charge on any atom is 0.0695 e. The van der Waals surface area contributed by atoms with Crippen LogP contribution in [-0.2, 0) is 0 Å². The molecule has 1 aliphatic carbocycles. The van der Waals surface area contributed by atoms with E-state index in [1.54, 1.807) is 0 Å². The molecule has 3 atom stereocenters. The van der Waals surface area contributed by atoms with E-state index < -0.39 is 0 Å². The van der Waals surface area contributed by atoms with Crippen LogP contribution in [0, 0.1) is 11.8 Å². The third-order valence-electron chi connectivity index (χ3n) is 4.57. The highest BCUT2D eigenvalue weighted by atomic mass is 16.3. The van der Waals surface area contributed by atoms with Crippen LogP contribution in [-0.4, -0.2) is 35.2 Å². The quantitative estimate of drug-likeness (QED) is 0.771. The van der Waals surface area contributed by atoms with Crippen molar-refractivity contribution in [1.29, 1.82) is 0 Å². The average Bonchev–Trinajstić information content (AvgIpc) is 2.34. The van der Waals surface area contributed by atoms with Gasteiger partial charge in [-0.15, -0.1) is 0 Å². The van der Waals surface area contributed by atoms with Crippen LogP contribution in [0.4, 0.5) is 0 Å². The van der Waals surface area contributed by atoms with Crippen molar-refractivity contribution in [3.05, 3.63) is 0 Å². The van der Waals surface area contributed by atoms with Gasteiger partial charge in [-0.2, -0.15) is 0 Å². The summed E-state index contributed by atoms with van der Waals surface area (Å²) in [7, 11) is 0. The number of likely N-dealkylation sites (N-methyl/N-ethyl adjacent to an activating group) is 1. The molecular weight excluding hydrogens is 210 g/mol. The van der Waals surface area contributed by atoms with Gasteiger partial charge in [0, 0.05) is 12.6 Å². The van der Waals surface area contributed by atoms with Crippen molar-refractivity contribution in [2.45, 2.75) is 71.9 Å². The lowest BCUT2D eigenvalue weighted by atomic mass is 9.83. The Balaban J connectivity index is 2.58. The second-order valence-electron chi connectivity index (χ2n) is 5.82. The third kappa shape index (κ3) is 4.26. The molecule has 1 N–H and O–H groups in total. The molecule has 0 amide bonds. The van der Waals surface area contributed by atoms with E-state index in [2.05, 4.69) is 32.6 Å². The Hall–Kier alpha value is -0.0800. The minimum absolute atomic E-state index is 0.0967. The maximum atomic E-state index is 10.2. The maximum absolute atomic E-state index is 10.2. The topological polar surface area (TPSA) is 23.5 Å². The Bertz CT molecular complexity index is 203. The number of aliphatic hydroxyl groups is 1. The van der Waals surface area contributed by atoms with Crippen molar-refractivity contribution < 1.29 is 5.11 Å². The summed E-state index contributed by atoms with van der Waals surface area (Å²) < 4.78 is 0. The van der Waals surface area contributed by atoms with E-state index in [1.165, 1.54) is 25.7 Å². The first-order valence-corrected chi connectivity index (χ1v) is 7.54. The van der Waals surface area contributed by atoms with Crippen LogP contribution in [0.5, 0.6) is 0 Å². The summed E-state index contributed by atoms with van der Waals surface area (Å²) in [6, 6.07) is 0.407. The summed E-state index contributed by atoms with van der Waals surface area (Å²) in [5.74, 6) is 1.57. The monoisotopic (exact) mass is 241 g/mol. The highest BCUT2D eigenvalue weighted by molar-refractivity contribution is 4.86. The lowest BCUT2D eigenvalue weighted by Crippen LogP contribution is -2.48. The van der Waals surface area contributed by atoms with E-state index in [-0.39, 0.29) is 6.10 Å². The van der Waals surface area contributed by atoms with Crippen LogP contribution in [0.2, 0.25) is 0 Å². The molecule has 0 bridgehead atoms. The second kappa shape index (κ2) is 7.38. The Kier molecular flexibility index (Phi) is 6.50.